The zero-order valence-corrected chi connectivity index (χ0v) is 15.2. The third-order valence-electron chi connectivity index (χ3n) is 5.20. The summed E-state index contributed by atoms with van der Waals surface area (Å²) in [4.78, 5) is 24.5. The summed E-state index contributed by atoms with van der Waals surface area (Å²) >= 11 is 5.94. The average molecular weight is 369 g/mol. The van der Waals surface area contributed by atoms with Crippen LogP contribution in [0.25, 0.3) is 0 Å². The van der Waals surface area contributed by atoms with Gasteiger partial charge in [0.2, 0.25) is 11.8 Å². The first-order valence-electron chi connectivity index (χ1n) is 9.01. The number of halogens is 1. The van der Waals surface area contributed by atoms with Gasteiger partial charge in [0.15, 0.2) is 0 Å². The summed E-state index contributed by atoms with van der Waals surface area (Å²) in [5, 5.41) is 6.64. The van der Waals surface area contributed by atoms with Crippen molar-refractivity contribution in [1.29, 1.82) is 0 Å². The number of hydrogen-bond donors (Lipinski definition) is 2. The minimum Gasteiger partial charge on any atom is -0.351 e. The maximum Gasteiger partial charge on any atom is 0.230 e. The Labute approximate surface area is 157 Å². The summed E-state index contributed by atoms with van der Waals surface area (Å²) in [6.07, 6.45) is 3.72. The van der Waals surface area contributed by atoms with Gasteiger partial charge in [0.1, 0.15) is 0 Å². The van der Waals surface area contributed by atoms with Crippen LogP contribution in [0.4, 0.5) is 5.69 Å². The van der Waals surface area contributed by atoms with Gasteiger partial charge >= 0.3 is 0 Å². The lowest BCUT2D eigenvalue weighted by atomic mass is 9.95. The highest BCUT2D eigenvalue weighted by molar-refractivity contribution is 6.30. The first kappa shape index (κ1) is 17.1. The molecule has 0 aliphatic heterocycles. The Hall–Kier alpha value is -2.33. The summed E-state index contributed by atoms with van der Waals surface area (Å²) in [7, 11) is 0. The Morgan fingerprint density at radius 3 is 2.23 bits per heavy atom. The Morgan fingerprint density at radius 1 is 1.00 bits per heavy atom. The fourth-order valence-corrected chi connectivity index (χ4v) is 3.31. The molecule has 2 fully saturated rings. The summed E-state index contributed by atoms with van der Waals surface area (Å²) in [5.41, 5.74) is 2.44. The van der Waals surface area contributed by atoms with Gasteiger partial charge in [0, 0.05) is 23.2 Å². The quantitative estimate of drug-likeness (QED) is 0.808. The molecule has 4 rings (SSSR count). The molecule has 134 valence electrons. The van der Waals surface area contributed by atoms with Gasteiger partial charge in [-0.2, -0.15) is 0 Å². The molecule has 0 atom stereocenters. The normalized spacial score (nSPS) is 17.4. The molecule has 2 aliphatic rings. The molecule has 2 aromatic rings. The summed E-state index contributed by atoms with van der Waals surface area (Å²) in [5.74, 6) is 0.354. The second-order valence-corrected chi connectivity index (χ2v) is 7.67. The number of amides is 2. The smallest absolute Gasteiger partial charge is 0.230 e. The van der Waals surface area contributed by atoms with Gasteiger partial charge in [-0.25, -0.2) is 0 Å². The van der Waals surface area contributed by atoms with Crippen LogP contribution in [0.5, 0.6) is 0 Å². The molecule has 26 heavy (non-hydrogen) atoms. The van der Waals surface area contributed by atoms with E-state index in [0.717, 1.165) is 42.5 Å². The molecule has 0 radical (unpaired) electrons. The van der Waals surface area contributed by atoms with E-state index in [9.17, 15) is 9.59 Å². The lowest BCUT2D eigenvalue weighted by Crippen LogP contribution is -2.34. The van der Waals surface area contributed by atoms with Crippen molar-refractivity contribution in [2.45, 2.75) is 37.6 Å². The van der Waals surface area contributed by atoms with Crippen molar-refractivity contribution in [2.24, 2.45) is 5.92 Å². The van der Waals surface area contributed by atoms with Gasteiger partial charge in [0.25, 0.3) is 0 Å². The molecule has 2 N–H and O–H groups in total. The predicted molar refractivity (Wildman–Crippen MR) is 102 cm³/mol. The Morgan fingerprint density at radius 2 is 1.65 bits per heavy atom. The highest BCUT2D eigenvalue weighted by atomic mass is 35.5. The van der Waals surface area contributed by atoms with Gasteiger partial charge in [-0.3, -0.25) is 9.59 Å². The van der Waals surface area contributed by atoms with Crippen LogP contribution in [0.3, 0.4) is 0 Å². The zero-order valence-electron chi connectivity index (χ0n) is 14.4. The molecule has 0 spiro atoms. The molecule has 0 aromatic heterocycles. The molecular weight excluding hydrogens is 348 g/mol. The number of carbonyl (C=O) groups is 2. The van der Waals surface area contributed by atoms with Gasteiger partial charge < -0.3 is 10.6 Å². The molecule has 0 bridgehead atoms. The van der Waals surface area contributed by atoms with Crippen LogP contribution < -0.4 is 10.6 Å². The van der Waals surface area contributed by atoms with Gasteiger partial charge in [0.05, 0.1) is 5.41 Å². The molecule has 0 saturated heterocycles. The van der Waals surface area contributed by atoms with Crippen LogP contribution in [0.2, 0.25) is 5.02 Å². The molecule has 2 aliphatic carbocycles. The highest BCUT2D eigenvalue weighted by Crippen LogP contribution is 2.48. The van der Waals surface area contributed by atoms with Crippen LogP contribution in [-0.2, 0) is 21.5 Å². The fourth-order valence-electron chi connectivity index (χ4n) is 3.19. The molecule has 0 heterocycles. The van der Waals surface area contributed by atoms with E-state index in [0.29, 0.717) is 11.6 Å². The minimum atomic E-state index is -0.400. The summed E-state index contributed by atoms with van der Waals surface area (Å²) < 4.78 is 0. The van der Waals surface area contributed by atoms with E-state index in [1.807, 2.05) is 48.5 Å². The Kier molecular flexibility index (Phi) is 4.45. The molecule has 5 heteroatoms. The van der Waals surface area contributed by atoms with Crippen molar-refractivity contribution in [3.63, 3.8) is 0 Å². The number of rotatable bonds is 6. The van der Waals surface area contributed by atoms with E-state index in [-0.39, 0.29) is 17.7 Å². The van der Waals surface area contributed by atoms with E-state index in [1.165, 1.54) is 0 Å². The maximum absolute atomic E-state index is 12.7. The van der Waals surface area contributed by atoms with Crippen molar-refractivity contribution in [2.75, 3.05) is 5.32 Å². The van der Waals surface area contributed by atoms with E-state index < -0.39 is 5.41 Å². The zero-order chi connectivity index (χ0) is 18.1. The third kappa shape index (κ3) is 3.61. The largest absolute Gasteiger partial charge is 0.351 e. The molecule has 0 unspecified atom stereocenters. The van der Waals surface area contributed by atoms with Crippen LogP contribution >= 0.6 is 11.6 Å². The standard InChI is InChI=1S/C21H21ClN2O2/c22-17-7-5-16(6-8-17)21(11-12-21)20(26)23-13-14-1-9-18(10-2-14)24-19(25)15-3-4-15/h1-2,5-10,15H,3-4,11-13H2,(H,23,26)(H,24,25). The summed E-state index contributed by atoms with van der Waals surface area (Å²) in [6.45, 7) is 0.477. The number of anilines is 1. The molecule has 2 amide bonds. The second-order valence-electron chi connectivity index (χ2n) is 7.23. The lowest BCUT2D eigenvalue weighted by Gasteiger charge is -2.16. The third-order valence-corrected chi connectivity index (χ3v) is 5.46. The van der Waals surface area contributed by atoms with E-state index in [2.05, 4.69) is 10.6 Å². The lowest BCUT2D eigenvalue weighted by molar-refractivity contribution is -0.123. The van der Waals surface area contributed by atoms with E-state index in [4.69, 9.17) is 11.6 Å². The average Bonchev–Trinajstić information content (AvgIpc) is 3.55. The number of hydrogen-bond acceptors (Lipinski definition) is 2. The van der Waals surface area contributed by atoms with Crippen LogP contribution in [0, 0.1) is 5.92 Å². The van der Waals surface area contributed by atoms with Crippen molar-refractivity contribution in [3.05, 3.63) is 64.7 Å². The second kappa shape index (κ2) is 6.76. The Bertz CT molecular complexity index is 822. The first-order chi connectivity index (χ1) is 12.6. The molecule has 2 saturated carbocycles. The topological polar surface area (TPSA) is 58.2 Å². The predicted octanol–water partition coefficient (Wildman–Crippen LogP) is 4.04. The number of benzene rings is 2. The van der Waals surface area contributed by atoms with Crippen molar-refractivity contribution >= 4 is 29.1 Å². The fraction of sp³-hybridized carbons (Fsp3) is 0.333. The monoisotopic (exact) mass is 368 g/mol. The maximum atomic E-state index is 12.7. The highest BCUT2D eigenvalue weighted by Gasteiger charge is 2.51. The van der Waals surface area contributed by atoms with Gasteiger partial charge in [-0.1, -0.05) is 35.9 Å². The number of nitrogens with one attached hydrogen (secondary N) is 2. The van der Waals surface area contributed by atoms with Crippen LogP contribution in [-0.4, -0.2) is 11.8 Å². The molecular formula is C21H21ClN2O2. The minimum absolute atomic E-state index is 0.0611. The van der Waals surface area contributed by atoms with Crippen LogP contribution in [0.15, 0.2) is 48.5 Å². The van der Waals surface area contributed by atoms with Crippen LogP contribution in [0.1, 0.15) is 36.8 Å². The molecule has 4 nitrogen and oxygen atoms in total. The number of carbonyl (C=O) groups excluding carboxylic acids is 2. The van der Waals surface area contributed by atoms with Crippen molar-refractivity contribution < 1.29 is 9.59 Å². The summed E-state index contributed by atoms with van der Waals surface area (Å²) in [6, 6.07) is 15.2. The van der Waals surface area contributed by atoms with Crippen molar-refractivity contribution in [3.8, 4) is 0 Å². The van der Waals surface area contributed by atoms with E-state index >= 15 is 0 Å². The Balaban J connectivity index is 1.34. The SMILES string of the molecule is O=C(Nc1ccc(CNC(=O)C2(c3ccc(Cl)cc3)CC2)cc1)C1CC1. The van der Waals surface area contributed by atoms with E-state index in [1.54, 1.807) is 0 Å². The first-order valence-corrected chi connectivity index (χ1v) is 9.39. The van der Waals surface area contributed by atoms with Gasteiger partial charge in [-0.05, 0) is 61.1 Å². The molecule has 2 aromatic carbocycles. The van der Waals surface area contributed by atoms with Crippen molar-refractivity contribution in [1.82, 2.24) is 5.32 Å². The van der Waals surface area contributed by atoms with Gasteiger partial charge in [-0.15, -0.1) is 0 Å².